The Morgan fingerprint density at radius 1 is 1.00 bits per heavy atom. The normalized spacial score (nSPS) is 11.0. The number of hydrogen-bond donors (Lipinski definition) is 1. The highest BCUT2D eigenvalue weighted by atomic mass is 31.1. The molecule has 18 heavy (non-hydrogen) atoms. The molecule has 0 aromatic heterocycles. The van der Waals surface area contributed by atoms with Gasteiger partial charge < -0.3 is 5.11 Å². The molecule has 0 bridgehead atoms. The Balaban J connectivity index is 1.84. The van der Waals surface area contributed by atoms with E-state index in [1.807, 2.05) is 30.3 Å². The van der Waals surface area contributed by atoms with E-state index < -0.39 is 8.03 Å². The third kappa shape index (κ3) is 3.86. The summed E-state index contributed by atoms with van der Waals surface area (Å²) in [6.45, 7) is 0. The number of aryl methyl sites for hydroxylation is 1. The number of rotatable bonds is 5. The maximum absolute atomic E-state index is 11.7. The van der Waals surface area contributed by atoms with Gasteiger partial charge in [-0.15, -0.1) is 0 Å². The maximum Gasteiger partial charge on any atom is 0.556 e. The van der Waals surface area contributed by atoms with Crippen molar-refractivity contribution in [1.82, 2.24) is 0 Å². The predicted octanol–water partition coefficient (Wildman–Crippen LogP) is 3.76. The SMILES string of the molecule is O=[P+](CCc1ccccc1)Oc1ccc(O)cc1. The second-order valence-electron chi connectivity index (χ2n) is 3.88. The predicted molar refractivity (Wildman–Crippen MR) is 71.4 cm³/mol. The molecule has 0 spiro atoms. The molecule has 3 nitrogen and oxygen atoms in total. The summed E-state index contributed by atoms with van der Waals surface area (Å²) in [4.78, 5) is 0. The van der Waals surface area contributed by atoms with E-state index in [0.29, 0.717) is 11.9 Å². The minimum atomic E-state index is -1.72. The summed E-state index contributed by atoms with van der Waals surface area (Å²) >= 11 is 0. The van der Waals surface area contributed by atoms with Crippen molar-refractivity contribution in [2.45, 2.75) is 6.42 Å². The molecule has 4 heteroatoms. The molecule has 0 fully saturated rings. The number of hydrogen-bond acceptors (Lipinski definition) is 3. The highest BCUT2D eigenvalue weighted by Gasteiger charge is 2.18. The average Bonchev–Trinajstić information content (AvgIpc) is 2.40. The van der Waals surface area contributed by atoms with Gasteiger partial charge in [-0.2, -0.15) is 0 Å². The Morgan fingerprint density at radius 3 is 2.33 bits per heavy atom. The van der Waals surface area contributed by atoms with Gasteiger partial charge in [-0.05, 0) is 34.4 Å². The van der Waals surface area contributed by atoms with Crippen LogP contribution < -0.4 is 4.52 Å². The highest BCUT2D eigenvalue weighted by molar-refractivity contribution is 7.39. The topological polar surface area (TPSA) is 46.5 Å². The molecule has 2 aromatic rings. The van der Waals surface area contributed by atoms with Gasteiger partial charge in [0.15, 0.2) is 11.9 Å². The molecular formula is C14H14O3P+. The Hall–Kier alpha value is -1.86. The summed E-state index contributed by atoms with van der Waals surface area (Å²) < 4.78 is 17.0. The number of phenols is 1. The molecule has 2 aromatic carbocycles. The van der Waals surface area contributed by atoms with Gasteiger partial charge in [-0.3, -0.25) is 4.52 Å². The summed E-state index contributed by atoms with van der Waals surface area (Å²) in [6.07, 6.45) is 1.22. The van der Waals surface area contributed by atoms with Crippen LogP contribution in [0.25, 0.3) is 0 Å². The fourth-order valence-electron chi connectivity index (χ4n) is 1.54. The molecule has 92 valence electrons. The van der Waals surface area contributed by atoms with E-state index >= 15 is 0 Å². The van der Waals surface area contributed by atoms with Gasteiger partial charge in [0.25, 0.3) is 0 Å². The van der Waals surface area contributed by atoms with Crippen LogP contribution in [0.4, 0.5) is 0 Å². The standard InChI is InChI=1S/C14H13O3P/c15-13-6-8-14(9-7-13)17-18(16)11-10-12-4-2-1-3-5-12/h1-9H,10-11H2/p+1. The largest absolute Gasteiger partial charge is 0.556 e. The third-order valence-corrected chi connectivity index (χ3v) is 3.47. The van der Waals surface area contributed by atoms with Crippen LogP contribution in [-0.4, -0.2) is 11.3 Å². The lowest BCUT2D eigenvalue weighted by Crippen LogP contribution is -1.91. The average molecular weight is 261 g/mol. The van der Waals surface area contributed by atoms with Crippen LogP contribution in [-0.2, 0) is 11.0 Å². The monoisotopic (exact) mass is 261 g/mol. The second-order valence-corrected chi connectivity index (χ2v) is 5.17. The summed E-state index contributed by atoms with van der Waals surface area (Å²) in [6, 6.07) is 16.1. The Morgan fingerprint density at radius 2 is 1.67 bits per heavy atom. The number of benzene rings is 2. The van der Waals surface area contributed by atoms with Crippen molar-refractivity contribution in [3.63, 3.8) is 0 Å². The van der Waals surface area contributed by atoms with Gasteiger partial charge in [-0.25, -0.2) is 0 Å². The first-order valence-electron chi connectivity index (χ1n) is 5.69. The lowest BCUT2D eigenvalue weighted by molar-refractivity contribution is 0.472. The number of phenolic OH excluding ortho intramolecular Hbond substituents is 1. The van der Waals surface area contributed by atoms with Crippen LogP contribution in [0, 0.1) is 0 Å². The minimum absolute atomic E-state index is 0.168. The van der Waals surface area contributed by atoms with Crippen LogP contribution >= 0.6 is 8.03 Å². The summed E-state index contributed by atoms with van der Waals surface area (Å²) in [5, 5.41) is 9.11. The van der Waals surface area contributed by atoms with Crippen LogP contribution in [0.15, 0.2) is 54.6 Å². The summed E-state index contributed by atoms with van der Waals surface area (Å²) in [5.41, 5.74) is 1.15. The molecule has 0 saturated carbocycles. The van der Waals surface area contributed by atoms with Crippen molar-refractivity contribution in [3.05, 3.63) is 60.2 Å². The fourth-order valence-corrected chi connectivity index (χ4v) is 2.42. The first-order chi connectivity index (χ1) is 8.74. The van der Waals surface area contributed by atoms with Gasteiger partial charge in [0.1, 0.15) is 5.75 Å². The van der Waals surface area contributed by atoms with Crippen LogP contribution in [0.2, 0.25) is 0 Å². The molecule has 0 saturated heterocycles. The molecular weight excluding hydrogens is 247 g/mol. The maximum atomic E-state index is 11.7. The van der Waals surface area contributed by atoms with E-state index in [0.717, 1.165) is 12.0 Å². The molecule has 1 atom stereocenters. The molecule has 1 N–H and O–H groups in total. The van der Waals surface area contributed by atoms with E-state index in [4.69, 9.17) is 9.63 Å². The van der Waals surface area contributed by atoms with Crippen molar-refractivity contribution >= 4 is 8.03 Å². The van der Waals surface area contributed by atoms with Gasteiger partial charge in [0.05, 0.1) is 0 Å². The molecule has 0 radical (unpaired) electrons. The molecule has 0 heterocycles. The molecule has 0 aliphatic rings. The van der Waals surface area contributed by atoms with E-state index in [9.17, 15) is 4.57 Å². The Kier molecular flexibility index (Phi) is 4.32. The third-order valence-electron chi connectivity index (χ3n) is 2.47. The van der Waals surface area contributed by atoms with Crippen molar-refractivity contribution in [1.29, 1.82) is 0 Å². The van der Waals surface area contributed by atoms with Gasteiger partial charge in [-0.1, -0.05) is 30.3 Å². The zero-order valence-corrected chi connectivity index (χ0v) is 10.7. The van der Waals surface area contributed by atoms with Crippen molar-refractivity contribution in [2.75, 3.05) is 6.16 Å². The van der Waals surface area contributed by atoms with Crippen molar-refractivity contribution in [2.24, 2.45) is 0 Å². The molecule has 0 amide bonds. The van der Waals surface area contributed by atoms with E-state index in [-0.39, 0.29) is 5.75 Å². The lowest BCUT2D eigenvalue weighted by atomic mass is 10.2. The van der Waals surface area contributed by atoms with Gasteiger partial charge in [0, 0.05) is 6.42 Å². The molecule has 0 aliphatic heterocycles. The second kappa shape index (κ2) is 6.18. The quantitative estimate of drug-likeness (QED) is 0.833. The summed E-state index contributed by atoms with van der Waals surface area (Å²) in [5.74, 6) is 0.684. The Bertz CT molecular complexity index is 508. The zero-order chi connectivity index (χ0) is 12.8. The fraction of sp³-hybridized carbons (Fsp3) is 0.143. The number of aromatic hydroxyl groups is 1. The van der Waals surface area contributed by atoms with Crippen molar-refractivity contribution in [3.8, 4) is 11.5 Å². The first kappa shape index (κ1) is 12.6. The Labute approximate surface area is 107 Å². The van der Waals surface area contributed by atoms with E-state index in [2.05, 4.69) is 0 Å². The van der Waals surface area contributed by atoms with Gasteiger partial charge >= 0.3 is 8.03 Å². The minimum Gasteiger partial charge on any atom is -0.508 e. The highest BCUT2D eigenvalue weighted by Crippen LogP contribution is 2.28. The molecule has 1 unspecified atom stereocenters. The molecule has 2 rings (SSSR count). The summed E-state index contributed by atoms with van der Waals surface area (Å²) in [7, 11) is -1.72. The lowest BCUT2D eigenvalue weighted by Gasteiger charge is -1.96. The zero-order valence-electron chi connectivity index (χ0n) is 9.82. The van der Waals surface area contributed by atoms with Crippen LogP contribution in [0.5, 0.6) is 11.5 Å². The van der Waals surface area contributed by atoms with Crippen LogP contribution in [0.3, 0.4) is 0 Å². The van der Waals surface area contributed by atoms with Crippen molar-refractivity contribution < 1.29 is 14.2 Å². The smallest absolute Gasteiger partial charge is 0.508 e. The van der Waals surface area contributed by atoms with Gasteiger partial charge in [0.2, 0.25) is 0 Å². The van der Waals surface area contributed by atoms with Crippen LogP contribution in [0.1, 0.15) is 5.56 Å². The van der Waals surface area contributed by atoms with E-state index in [1.165, 1.54) is 12.1 Å². The first-order valence-corrected chi connectivity index (χ1v) is 7.06. The molecule has 0 aliphatic carbocycles. The van der Waals surface area contributed by atoms with E-state index in [1.54, 1.807) is 12.1 Å².